The topological polar surface area (TPSA) is 67.7 Å². The Morgan fingerprint density at radius 1 is 1.00 bits per heavy atom. The lowest BCUT2D eigenvalue weighted by Crippen LogP contribution is -2.35. The van der Waals surface area contributed by atoms with Crippen molar-refractivity contribution in [3.63, 3.8) is 0 Å². The van der Waals surface area contributed by atoms with Crippen molar-refractivity contribution in [2.45, 2.75) is 19.4 Å². The molecule has 1 aliphatic heterocycles. The van der Waals surface area contributed by atoms with Gasteiger partial charge in [-0.15, -0.1) is 0 Å². The summed E-state index contributed by atoms with van der Waals surface area (Å²) >= 11 is 0. The van der Waals surface area contributed by atoms with E-state index in [9.17, 15) is 8.78 Å². The van der Waals surface area contributed by atoms with Crippen molar-refractivity contribution in [2.24, 2.45) is 0 Å². The lowest BCUT2D eigenvalue weighted by molar-refractivity contribution is 0.508. The molecule has 25 heavy (non-hydrogen) atoms. The molecule has 0 radical (unpaired) electrons. The SMILES string of the molecule is CC1c2cnc(-c3ncccn3)nc2CCN1c1cc(F)nc(F)c1. The van der Waals surface area contributed by atoms with Crippen molar-refractivity contribution >= 4 is 5.69 Å². The van der Waals surface area contributed by atoms with E-state index in [0.29, 0.717) is 30.3 Å². The van der Waals surface area contributed by atoms with Gasteiger partial charge in [0, 0.05) is 54.9 Å². The van der Waals surface area contributed by atoms with Gasteiger partial charge >= 0.3 is 0 Å². The van der Waals surface area contributed by atoms with E-state index in [1.165, 1.54) is 12.1 Å². The van der Waals surface area contributed by atoms with Crippen LogP contribution in [0.25, 0.3) is 11.6 Å². The second-order valence-electron chi connectivity index (χ2n) is 5.76. The van der Waals surface area contributed by atoms with Crippen LogP contribution in [0.3, 0.4) is 0 Å². The van der Waals surface area contributed by atoms with Crippen molar-refractivity contribution in [1.82, 2.24) is 24.9 Å². The van der Waals surface area contributed by atoms with E-state index in [-0.39, 0.29) is 6.04 Å². The van der Waals surface area contributed by atoms with Crippen LogP contribution >= 0.6 is 0 Å². The lowest BCUT2D eigenvalue weighted by atomic mass is 9.99. The van der Waals surface area contributed by atoms with Gasteiger partial charge in [0.25, 0.3) is 0 Å². The van der Waals surface area contributed by atoms with E-state index >= 15 is 0 Å². The zero-order valence-corrected chi connectivity index (χ0v) is 13.4. The summed E-state index contributed by atoms with van der Waals surface area (Å²) in [7, 11) is 0. The highest BCUT2D eigenvalue weighted by molar-refractivity contribution is 5.51. The summed E-state index contributed by atoms with van der Waals surface area (Å²) in [5.41, 5.74) is 2.28. The van der Waals surface area contributed by atoms with Crippen molar-refractivity contribution in [2.75, 3.05) is 11.4 Å². The fourth-order valence-electron chi connectivity index (χ4n) is 3.06. The largest absolute Gasteiger partial charge is 0.364 e. The quantitative estimate of drug-likeness (QED) is 0.668. The van der Waals surface area contributed by atoms with Crippen LogP contribution in [0, 0.1) is 11.9 Å². The van der Waals surface area contributed by atoms with Crippen LogP contribution in [0.1, 0.15) is 24.2 Å². The van der Waals surface area contributed by atoms with Crippen LogP contribution in [0.5, 0.6) is 0 Å². The number of halogens is 2. The number of pyridine rings is 1. The molecule has 0 N–H and O–H groups in total. The molecule has 1 aliphatic rings. The first-order valence-electron chi connectivity index (χ1n) is 7.85. The summed E-state index contributed by atoms with van der Waals surface area (Å²) in [4.78, 5) is 22.3. The van der Waals surface area contributed by atoms with Crippen molar-refractivity contribution in [3.8, 4) is 11.6 Å². The highest BCUT2D eigenvalue weighted by Gasteiger charge is 2.27. The molecule has 0 spiro atoms. The first kappa shape index (κ1) is 15.5. The van der Waals surface area contributed by atoms with E-state index in [1.807, 2.05) is 11.8 Å². The van der Waals surface area contributed by atoms with E-state index in [4.69, 9.17) is 0 Å². The number of aromatic nitrogens is 5. The Bertz CT molecular complexity index is 898. The molecule has 0 saturated carbocycles. The Hall–Kier alpha value is -3.03. The third kappa shape index (κ3) is 2.90. The molecule has 4 rings (SSSR count). The monoisotopic (exact) mass is 340 g/mol. The minimum absolute atomic E-state index is 0.115. The molecule has 4 heterocycles. The highest BCUT2D eigenvalue weighted by atomic mass is 19.1. The van der Waals surface area contributed by atoms with Gasteiger partial charge < -0.3 is 4.90 Å². The normalized spacial score (nSPS) is 16.6. The maximum atomic E-state index is 13.4. The van der Waals surface area contributed by atoms with Gasteiger partial charge in [0.2, 0.25) is 11.9 Å². The smallest absolute Gasteiger partial charge is 0.217 e. The van der Waals surface area contributed by atoms with Crippen molar-refractivity contribution < 1.29 is 8.78 Å². The van der Waals surface area contributed by atoms with E-state index in [1.54, 1.807) is 24.7 Å². The van der Waals surface area contributed by atoms with Crippen LogP contribution in [0.4, 0.5) is 14.5 Å². The molecule has 1 atom stereocenters. The number of rotatable bonds is 2. The molecular formula is C17H14F2N6. The first-order valence-corrected chi connectivity index (χ1v) is 7.85. The van der Waals surface area contributed by atoms with E-state index < -0.39 is 11.9 Å². The number of nitrogens with zero attached hydrogens (tertiary/aromatic N) is 6. The van der Waals surface area contributed by atoms with Gasteiger partial charge in [0.05, 0.1) is 11.7 Å². The molecule has 0 saturated heterocycles. The minimum atomic E-state index is -0.833. The molecule has 0 aliphatic carbocycles. The maximum absolute atomic E-state index is 13.4. The molecule has 6 nitrogen and oxygen atoms in total. The van der Waals surface area contributed by atoms with Crippen LogP contribution in [0.15, 0.2) is 36.8 Å². The Labute approximate surface area is 142 Å². The molecule has 3 aromatic heterocycles. The lowest BCUT2D eigenvalue weighted by Gasteiger charge is -2.36. The summed E-state index contributed by atoms with van der Waals surface area (Å²) in [5.74, 6) is -0.721. The first-order chi connectivity index (χ1) is 12.1. The molecule has 0 amide bonds. The van der Waals surface area contributed by atoms with Crippen LogP contribution in [-0.2, 0) is 6.42 Å². The Morgan fingerprint density at radius 2 is 1.72 bits per heavy atom. The number of hydrogen-bond donors (Lipinski definition) is 0. The number of hydrogen-bond acceptors (Lipinski definition) is 6. The number of anilines is 1. The van der Waals surface area contributed by atoms with Gasteiger partial charge in [-0.1, -0.05) is 0 Å². The molecule has 0 bridgehead atoms. The average molecular weight is 340 g/mol. The highest BCUT2D eigenvalue weighted by Crippen LogP contribution is 2.33. The molecule has 0 aromatic carbocycles. The molecular weight excluding hydrogens is 326 g/mol. The second-order valence-corrected chi connectivity index (χ2v) is 5.76. The fourth-order valence-corrected chi connectivity index (χ4v) is 3.06. The standard InChI is InChI=1S/C17H14F2N6/c1-10-12-9-22-17(16-20-4-2-5-21-16)23-13(12)3-6-25(10)11-7-14(18)24-15(19)8-11/h2,4-5,7-10H,3,6H2,1H3. The molecule has 0 fully saturated rings. The fraction of sp³-hybridized carbons (Fsp3) is 0.235. The Kier molecular flexibility index (Phi) is 3.79. The molecule has 126 valence electrons. The second kappa shape index (κ2) is 6.12. The van der Waals surface area contributed by atoms with Crippen LogP contribution in [-0.4, -0.2) is 31.5 Å². The van der Waals surface area contributed by atoms with E-state index in [2.05, 4.69) is 24.9 Å². The van der Waals surface area contributed by atoms with Crippen LogP contribution < -0.4 is 4.90 Å². The molecule has 3 aromatic rings. The third-order valence-electron chi connectivity index (χ3n) is 4.25. The third-order valence-corrected chi connectivity index (χ3v) is 4.25. The van der Waals surface area contributed by atoms with Gasteiger partial charge in [-0.25, -0.2) is 19.9 Å². The maximum Gasteiger partial charge on any atom is 0.217 e. The van der Waals surface area contributed by atoms with E-state index in [0.717, 1.165) is 11.3 Å². The number of fused-ring (bicyclic) bond motifs is 1. The molecule has 1 unspecified atom stereocenters. The zero-order chi connectivity index (χ0) is 17.4. The average Bonchev–Trinajstić information content (AvgIpc) is 2.61. The predicted molar refractivity (Wildman–Crippen MR) is 86.7 cm³/mol. The van der Waals surface area contributed by atoms with Gasteiger partial charge in [-0.05, 0) is 13.0 Å². The summed E-state index contributed by atoms with van der Waals surface area (Å²) in [6.07, 6.45) is 5.65. The summed E-state index contributed by atoms with van der Waals surface area (Å²) in [6, 6.07) is 4.08. The summed E-state index contributed by atoms with van der Waals surface area (Å²) in [5, 5.41) is 0. The Balaban J connectivity index is 1.68. The minimum Gasteiger partial charge on any atom is -0.364 e. The molecule has 8 heteroatoms. The van der Waals surface area contributed by atoms with Gasteiger partial charge in [-0.3, -0.25) is 0 Å². The van der Waals surface area contributed by atoms with Crippen LogP contribution in [0.2, 0.25) is 0 Å². The van der Waals surface area contributed by atoms with Crippen molar-refractivity contribution in [3.05, 3.63) is 59.9 Å². The van der Waals surface area contributed by atoms with Gasteiger partial charge in [0.1, 0.15) is 0 Å². The van der Waals surface area contributed by atoms with Gasteiger partial charge in [-0.2, -0.15) is 13.8 Å². The zero-order valence-electron chi connectivity index (χ0n) is 13.4. The predicted octanol–water partition coefficient (Wildman–Crippen LogP) is 2.73. The summed E-state index contributed by atoms with van der Waals surface area (Å²) in [6.45, 7) is 2.54. The van der Waals surface area contributed by atoms with Gasteiger partial charge in [0.15, 0.2) is 11.6 Å². The van der Waals surface area contributed by atoms with Crippen molar-refractivity contribution in [1.29, 1.82) is 0 Å². The summed E-state index contributed by atoms with van der Waals surface area (Å²) < 4.78 is 26.9. The Morgan fingerprint density at radius 3 is 2.44 bits per heavy atom.